The number of hydrogen-bond donors (Lipinski definition) is 1. The molecule has 1 N–H and O–H groups in total. The zero-order valence-electron chi connectivity index (χ0n) is 13.4. The van der Waals surface area contributed by atoms with Gasteiger partial charge >= 0.3 is 0 Å². The monoisotopic (exact) mass is 303 g/mol. The zero-order chi connectivity index (χ0) is 15.9. The van der Waals surface area contributed by atoms with Gasteiger partial charge in [-0.05, 0) is 31.2 Å². The van der Waals surface area contributed by atoms with Gasteiger partial charge in [-0.25, -0.2) is 0 Å². The average molecular weight is 303 g/mol. The van der Waals surface area contributed by atoms with E-state index in [9.17, 15) is 4.79 Å². The molecule has 0 radical (unpaired) electrons. The molecule has 1 atom stereocenters. The molecule has 0 aromatic heterocycles. The van der Waals surface area contributed by atoms with E-state index in [1.807, 2.05) is 19.1 Å². The molecule has 0 saturated carbocycles. The number of hydrogen-bond acceptors (Lipinski definition) is 4. The zero-order valence-corrected chi connectivity index (χ0v) is 13.4. The number of anilines is 1. The fourth-order valence-corrected chi connectivity index (χ4v) is 2.65. The van der Waals surface area contributed by atoms with Crippen molar-refractivity contribution in [2.45, 2.75) is 13.0 Å². The summed E-state index contributed by atoms with van der Waals surface area (Å²) in [6.07, 6.45) is 1.70. The van der Waals surface area contributed by atoms with Crippen LogP contribution in [0.1, 0.15) is 6.92 Å². The van der Waals surface area contributed by atoms with E-state index in [0.717, 1.165) is 31.9 Å². The van der Waals surface area contributed by atoms with Gasteiger partial charge in [0.1, 0.15) is 5.75 Å². The van der Waals surface area contributed by atoms with Crippen LogP contribution in [0.5, 0.6) is 5.75 Å². The normalized spacial score (nSPS) is 16.9. The van der Waals surface area contributed by atoms with Crippen molar-refractivity contribution >= 4 is 11.6 Å². The summed E-state index contributed by atoms with van der Waals surface area (Å²) < 4.78 is 5.19. The van der Waals surface area contributed by atoms with E-state index in [1.54, 1.807) is 13.2 Å². The van der Waals surface area contributed by atoms with E-state index in [1.165, 1.54) is 5.69 Å². The second-order valence-corrected chi connectivity index (χ2v) is 5.43. The minimum atomic E-state index is -0.0991. The van der Waals surface area contributed by atoms with Gasteiger partial charge < -0.3 is 15.0 Å². The lowest BCUT2D eigenvalue weighted by atomic mass is 10.2. The molecule has 1 amide bonds. The number of piperazine rings is 1. The number of rotatable bonds is 6. The first kappa shape index (κ1) is 16.4. The van der Waals surface area contributed by atoms with Gasteiger partial charge in [0, 0.05) is 38.4 Å². The van der Waals surface area contributed by atoms with Gasteiger partial charge in [-0.3, -0.25) is 9.69 Å². The minimum absolute atomic E-state index is 0.0674. The maximum absolute atomic E-state index is 12.0. The summed E-state index contributed by atoms with van der Waals surface area (Å²) in [5.74, 6) is 0.938. The highest BCUT2D eigenvalue weighted by atomic mass is 16.5. The molecule has 120 valence electrons. The quantitative estimate of drug-likeness (QED) is 0.809. The molecule has 22 heavy (non-hydrogen) atoms. The van der Waals surface area contributed by atoms with Gasteiger partial charge in [0.15, 0.2) is 0 Å². The van der Waals surface area contributed by atoms with Crippen LogP contribution in [0.25, 0.3) is 0 Å². The summed E-state index contributed by atoms with van der Waals surface area (Å²) in [5, 5.41) is 2.86. The molecule has 2 rings (SSSR count). The summed E-state index contributed by atoms with van der Waals surface area (Å²) in [6.45, 7) is 9.71. The Morgan fingerprint density at radius 1 is 1.32 bits per heavy atom. The van der Waals surface area contributed by atoms with Gasteiger partial charge in [-0.1, -0.05) is 6.08 Å². The number of benzene rings is 1. The fraction of sp³-hybridized carbons (Fsp3) is 0.471. The molecule has 1 fully saturated rings. The van der Waals surface area contributed by atoms with Crippen molar-refractivity contribution in [1.82, 2.24) is 10.2 Å². The number of amides is 1. The van der Waals surface area contributed by atoms with Crippen LogP contribution in [0, 0.1) is 0 Å². The smallest absolute Gasteiger partial charge is 0.237 e. The van der Waals surface area contributed by atoms with Crippen LogP contribution in [-0.2, 0) is 4.79 Å². The fourth-order valence-electron chi connectivity index (χ4n) is 2.65. The topological polar surface area (TPSA) is 44.8 Å². The number of methoxy groups -OCH3 is 1. The van der Waals surface area contributed by atoms with Crippen molar-refractivity contribution in [2.75, 3.05) is 44.7 Å². The Labute approximate surface area is 132 Å². The Morgan fingerprint density at radius 2 is 1.95 bits per heavy atom. The summed E-state index contributed by atoms with van der Waals surface area (Å²) in [4.78, 5) is 16.6. The molecule has 1 saturated heterocycles. The molecule has 5 heteroatoms. The first-order valence-electron chi connectivity index (χ1n) is 7.67. The molecule has 1 unspecified atom stereocenters. The van der Waals surface area contributed by atoms with Crippen molar-refractivity contribution in [3.63, 3.8) is 0 Å². The van der Waals surface area contributed by atoms with Gasteiger partial charge in [0.25, 0.3) is 0 Å². The molecule has 1 aromatic carbocycles. The first-order valence-corrected chi connectivity index (χ1v) is 7.67. The van der Waals surface area contributed by atoms with E-state index in [2.05, 4.69) is 33.8 Å². The van der Waals surface area contributed by atoms with Crippen LogP contribution in [0.15, 0.2) is 36.9 Å². The van der Waals surface area contributed by atoms with Crippen molar-refractivity contribution in [3.05, 3.63) is 36.9 Å². The molecule has 1 aliphatic rings. The second kappa shape index (κ2) is 7.84. The Bertz CT molecular complexity index is 493. The molecule has 5 nitrogen and oxygen atoms in total. The van der Waals surface area contributed by atoms with Gasteiger partial charge in [-0.2, -0.15) is 0 Å². The van der Waals surface area contributed by atoms with E-state index in [-0.39, 0.29) is 11.9 Å². The van der Waals surface area contributed by atoms with Crippen LogP contribution >= 0.6 is 0 Å². The highest BCUT2D eigenvalue weighted by Gasteiger charge is 2.25. The molecule has 0 aliphatic carbocycles. The van der Waals surface area contributed by atoms with Crippen LogP contribution in [0.3, 0.4) is 0 Å². The largest absolute Gasteiger partial charge is 0.497 e. The number of ether oxygens (including phenoxy) is 1. The van der Waals surface area contributed by atoms with E-state index < -0.39 is 0 Å². The van der Waals surface area contributed by atoms with Crippen LogP contribution in [-0.4, -0.2) is 56.7 Å². The van der Waals surface area contributed by atoms with Crippen molar-refractivity contribution in [2.24, 2.45) is 0 Å². The third-order valence-corrected chi connectivity index (χ3v) is 4.10. The maximum Gasteiger partial charge on any atom is 0.237 e. The molecule has 1 heterocycles. The summed E-state index contributed by atoms with van der Waals surface area (Å²) in [5.41, 5.74) is 1.20. The molecular formula is C17H25N3O2. The average Bonchev–Trinajstić information content (AvgIpc) is 2.59. The van der Waals surface area contributed by atoms with E-state index in [4.69, 9.17) is 4.74 Å². The first-order chi connectivity index (χ1) is 10.7. The van der Waals surface area contributed by atoms with Crippen molar-refractivity contribution in [1.29, 1.82) is 0 Å². The summed E-state index contributed by atoms with van der Waals surface area (Å²) in [6, 6.07) is 8.02. The number of nitrogens with one attached hydrogen (secondary N) is 1. The summed E-state index contributed by atoms with van der Waals surface area (Å²) >= 11 is 0. The predicted molar refractivity (Wildman–Crippen MR) is 89.4 cm³/mol. The molecule has 1 aliphatic heterocycles. The number of nitrogens with zero attached hydrogens (tertiary/aromatic N) is 2. The highest BCUT2D eigenvalue weighted by molar-refractivity contribution is 5.81. The lowest BCUT2D eigenvalue weighted by Gasteiger charge is -2.38. The summed E-state index contributed by atoms with van der Waals surface area (Å²) in [7, 11) is 1.67. The van der Waals surface area contributed by atoms with Gasteiger partial charge in [-0.15, -0.1) is 6.58 Å². The lowest BCUT2D eigenvalue weighted by Crippen LogP contribution is -2.54. The van der Waals surface area contributed by atoms with Crippen molar-refractivity contribution in [3.8, 4) is 5.75 Å². The number of carbonyl (C=O) groups is 1. The molecular weight excluding hydrogens is 278 g/mol. The van der Waals surface area contributed by atoms with Gasteiger partial charge in [0.2, 0.25) is 5.91 Å². The van der Waals surface area contributed by atoms with Gasteiger partial charge in [0.05, 0.1) is 13.2 Å². The Hall–Kier alpha value is -2.01. The molecule has 0 spiro atoms. The van der Waals surface area contributed by atoms with Crippen LogP contribution in [0.4, 0.5) is 5.69 Å². The predicted octanol–water partition coefficient (Wildman–Crippen LogP) is 1.51. The molecule has 1 aromatic rings. The van der Waals surface area contributed by atoms with E-state index >= 15 is 0 Å². The third kappa shape index (κ3) is 4.01. The Balaban J connectivity index is 1.86. The maximum atomic E-state index is 12.0. The molecule has 0 bridgehead atoms. The second-order valence-electron chi connectivity index (χ2n) is 5.43. The minimum Gasteiger partial charge on any atom is -0.497 e. The Morgan fingerprint density at radius 3 is 2.50 bits per heavy atom. The van der Waals surface area contributed by atoms with E-state index in [0.29, 0.717) is 6.54 Å². The highest BCUT2D eigenvalue weighted by Crippen LogP contribution is 2.20. The van der Waals surface area contributed by atoms with Crippen LogP contribution in [0.2, 0.25) is 0 Å². The third-order valence-electron chi connectivity index (χ3n) is 4.10. The number of carbonyl (C=O) groups excluding carboxylic acids is 1. The van der Waals surface area contributed by atoms with Crippen LogP contribution < -0.4 is 15.0 Å². The van der Waals surface area contributed by atoms with Crippen molar-refractivity contribution < 1.29 is 9.53 Å². The standard InChI is InChI=1S/C17H25N3O2/c1-4-9-18-17(21)14(2)19-10-12-20(13-11-19)15-5-7-16(22-3)8-6-15/h4-8,14H,1,9-13H2,2-3H3,(H,18,21). The SMILES string of the molecule is C=CCNC(=O)C(C)N1CCN(c2ccc(OC)cc2)CC1. The lowest BCUT2D eigenvalue weighted by molar-refractivity contribution is -0.125. The Kier molecular flexibility index (Phi) is 5.83.